The third kappa shape index (κ3) is 3.28. The molecule has 8 rings (SSSR count). The molecule has 1 unspecified atom stereocenters. The molecular formula is C37H28N2. The lowest BCUT2D eigenvalue weighted by molar-refractivity contribution is 0.599. The average Bonchev–Trinajstić information content (AvgIpc) is 3.51. The Morgan fingerprint density at radius 1 is 0.513 bits per heavy atom. The lowest BCUT2D eigenvalue weighted by Gasteiger charge is -2.29. The monoisotopic (exact) mass is 500 g/mol. The highest BCUT2D eigenvalue weighted by Crippen LogP contribution is 2.39. The van der Waals surface area contributed by atoms with Gasteiger partial charge in [0.25, 0.3) is 0 Å². The van der Waals surface area contributed by atoms with Crippen LogP contribution in [0.2, 0.25) is 0 Å². The van der Waals surface area contributed by atoms with E-state index in [1.165, 1.54) is 60.6 Å². The van der Waals surface area contributed by atoms with Crippen LogP contribution in [0.4, 0.5) is 0 Å². The summed E-state index contributed by atoms with van der Waals surface area (Å²) in [5, 5.41) is 5.19. The first-order valence-electron chi connectivity index (χ1n) is 13.7. The molecule has 0 saturated carbocycles. The van der Waals surface area contributed by atoms with Gasteiger partial charge in [-0.05, 0) is 54.5 Å². The van der Waals surface area contributed by atoms with Crippen LogP contribution < -0.4 is 0 Å². The van der Waals surface area contributed by atoms with E-state index in [1.54, 1.807) is 0 Å². The normalized spacial score (nSPS) is 17.4. The Hall–Kier alpha value is -4.82. The van der Waals surface area contributed by atoms with Gasteiger partial charge in [-0.3, -0.25) is 0 Å². The summed E-state index contributed by atoms with van der Waals surface area (Å²) in [7, 11) is 0. The largest absolute Gasteiger partial charge is 0.310 e. The van der Waals surface area contributed by atoms with Gasteiger partial charge in [-0.2, -0.15) is 0 Å². The fourth-order valence-electron chi connectivity index (χ4n) is 6.49. The van der Waals surface area contributed by atoms with Crippen LogP contribution in [-0.4, -0.2) is 9.13 Å². The maximum absolute atomic E-state index is 2.41. The molecule has 7 aromatic rings. The lowest BCUT2D eigenvalue weighted by Crippen LogP contribution is -2.20. The van der Waals surface area contributed by atoms with Gasteiger partial charge < -0.3 is 9.13 Å². The molecule has 5 aromatic carbocycles. The highest BCUT2D eigenvalue weighted by atomic mass is 15.0. The number of hydrogen-bond donors (Lipinski definition) is 0. The standard InChI is InChI=1S/C37H28N2/c1-37(24-22-28(23-25-37)39-35-16-8-4-12-31(35)32-13-5-9-17-36(32)39)26-18-20-27(21-19-26)38-33-14-6-2-10-29(33)30-11-3-7-15-34(30)38/h2-24H,25H2,1H3. The highest BCUT2D eigenvalue weighted by Gasteiger charge is 2.26. The second-order valence-electron chi connectivity index (χ2n) is 10.9. The van der Waals surface area contributed by atoms with Crippen LogP contribution in [-0.2, 0) is 5.41 Å². The zero-order chi connectivity index (χ0) is 26.0. The van der Waals surface area contributed by atoms with E-state index in [9.17, 15) is 0 Å². The van der Waals surface area contributed by atoms with E-state index >= 15 is 0 Å². The van der Waals surface area contributed by atoms with Gasteiger partial charge in [0.2, 0.25) is 0 Å². The predicted octanol–water partition coefficient (Wildman–Crippen LogP) is 9.65. The van der Waals surface area contributed by atoms with Gasteiger partial charge in [0.05, 0.1) is 22.1 Å². The van der Waals surface area contributed by atoms with Crippen molar-refractivity contribution in [2.24, 2.45) is 0 Å². The lowest BCUT2D eigenvalue weighted by atomic mass is 9.77. The van der Waals surface area contributed by atoms with Crippen molar-refractivity contribution in [2.45, 2.75) is 18.8 Å². The van der Waals surface area contributed by atoms with Gasteiger partial charge in [0, 0.05) is 38.3 Å². The molecule has 1 aliphatic carbocycles. The Morgan fingerprint density at radius 3 is 1.38 bits per heavy atom. The molecule has 1 aliphatic rings. The zero-order valence-corrected chi connectivity index (χ0v) is 21.9. The van der Waals surface area contributed by atoms with E-state index in [0.29, 0.717) is 0 Å². The fraction of sp³-hybridized carbons (Fsp3) is 0.0811. The molecule has 0 spiro atoms. The molecule has 2 aromatic heterocycles. The number of nitrogens with zero attached hydrogens (tertiary/aromatic N) is 2. The topological polar surface area (TPSA) is 9.86 Å². The third-order valence-electron chi connectivity index (χ3n) is 8.56. The summed E-state index contributed by atoms with van der Waals surface area (Å²) in [5.41, 5.74) is 8.72. The minimum atomic E-state index is -0.0540. The van der Waals surface area contributed by atoms with Crippen LogP contribution in [0.5, 0.6) is 0 Å². The average molecular weight is 501 g/mol. The molecule has 0 radical (unpaired) electrons. The molecule has 0 bridgehead atoms. The minimum absolute atomic E-state index is 0.0540. The van der Waals surface area contributed by atoms with Crippen molar-refractivity contribution >= 4 is 49.3 Å². The van der Waals surface area contributed by atoms with E-state index in [0.717, 1.165) is 6.42 Å². The number of rotatable bonds is 3. The van der Waals surface area contributed by atoms with Gasteiger partial charge in [0.15, 0.2) is 0 Å². The molecule has 0 fully saturated rings. The summed E-state index contributed by atoms with van der Waals surface area (Å²) < 4.78 is 4.79. The van der Waals surface area contributed by atoms with E-state index in [4.69, 9.17) is 0 Å². The van der Waals surface area contributed by atoms with Crippen molar-refractivity contribution in [3.8, 4) is 5.69 Å². The second-order valence-corrected chi connectivity index (χ2v) is 10.9. The second kappa shape index (κ2) is 8.34. The Labute approximate surface area is 227 Å². The molecule has 0 saturated heterocycles. The van der Waals surface area contributed by atoms with Crippen LogP contribution >= 0.6 is 0 Å². The van der Waals surface area contributed by atoms with Gasteiger partial charge in [-0.25, -0.2) is 0 Å². The van der Waals surface area contributed by atoms with Gasteiger partial charge in [0.1, 0.15) is 0 Å². The molecule has 186 valence electrons. The van der Waals surface area contributed by atoms with Gasteiger partial charge in [-0.1, -0.05) is 104 Å². The molecule has 2 nitrogen and oxygen atoms in total. The first-order chi connectivity index (χ1) is 19.2. The molecular weight excluding hydrogens is 472 g/mol. The maximum Gasteiger partial charge on any atom is 0.0541 e. The summed E-state index contributed by atoms with van der Waals surface area (Å²) >= 11 is 0. The fourth-order valence-corrected chi connectivity index (χ4v) is 6.49. The number of aromatic nitrogens is 2. The number of hydrogen-bond acceptors (Lipinski definition) is 0. The van der Waals surface area contributed by atoms with Crippen molar-refractivity contribution in [3.05, 3.63) is 145 Å². The maximum atomic E-state index is 2.41. The summed E-state index contributed by atoms with van der Waals surface area (Å²) in [4.78, 5) is 0. The van der Waals surface area contributed by atoms with E-state index in [-0.39, 0.29) is 5.41 Å². The molecule has 0 N–H and O–H groups in total. The molecule has 0 amide bonds. The van der Waals surface area contributed by atoms with Crippen molar-refractivity contribution in [3.63, 3.8) is 0 Å². The number of para-hydroxylation sites is 4. The van der Waals surface area contributed by atoms with Crippen LogP contribution in [0.25, 0.3) is 55.0 Å². The molecule has 2 heteroatoms. The SMILES string of the molecule is CC1(c2ccc(-n3c4ccccc4c4ccccc43)cc2)C=CC(n2c3ccccc3c3ccccc32)=CC1. The molecule has 2 heterocycles. The van der Waals surface area contributed by atoms with Gasteiger partial charge >= 0.3 is 0 Å². The summed E-state index contributed by atoms with van der Waals surface area (Å²) in [6.45, 7) is 2.35. The zero-order valence-electron chi connectivity index (χ0n) is 21.9. The van der Waals surface area contributed by atoms with Gasteiger partial charge in [-0.15, -0.1) is 0 Å². The molecule has 1 atom stereocenters. The smallest absolute Gasteiger partial charge is 0.0541 e. The van der Waals surface area contributed by atoms with Crippen molar-refractivity contribution < 1.29 is 0 Å². The van der Waals surface area contributed by atoms with Crippen LogP contribution in [0.15, 0.2) is 140 Å². The van der Waals surface area contributed by atoms with Crippen LogP contribution in [0, 0.1) is 0 Å². The van der Waals surface area contributed by atoms with E-state index < -0.39 is 0 Å². The predicted molar refractivity (Wildman–Crippen MR) is 166 cm³/mol. The third-order valence-corrected chi connectivity index (χ3v) is 8.56. The number of fused-ring (bicyclic) bond motifs is 6. The first-order valence-corrected chi connectivity index (χ1v) is 13.7. The first kappa shape index (κ1) is 22.2. The molecule has 0 aliphatic heterocycles. The van der Waals surface area contributed by atoms with Crippen molar-refractivity contribution in [1.29, 1.82) is 0 Å². The summed E-state index contributed by atoms with van der Waals surface area (Å²) in [5.74, 6) is 0. The summed E-state index contributed by atoms with van der Waals surface area (Å²) in [6.07, 6.45) is 8.05. The molecule has 39 heavy (non-hydrogen) atoms. The summed E-state index contributed by atoms with van der Waals surface area (Å²) in [6, 6.07) is 44.0. The van der Waals surface area contributed by atoms with Crippen molar-refractivity contribution in [1.82, 2.24) is 9.13 Å². The van der Waals surface area contributed by atoms with E-state index in [1.807, 2.05) is 0 Å². The Bertz CT molecular complexity index is 1990. The quantitative estimate of drug-likeness (QED) is 0.229. The Balaban J connectivity index is 1.17. The number of benzene rings is 5. The Morgan fingerprint density at radius 2 is 0.949 bits per heavy atom. The number of allylic oxidation sites excluding steroid dienone is 4. The van der Waals surface area contributed by atoms with E-state index in [2.05, 4.69) is 156 Å². The Kier molecular flexibility index (Phi) is 4.75. The van der Waals surface area contributed by atoms with Crippen LogP contribution in [0.3, 0.4) is 0 Å². The van der Waals surface area contributed by atoms with Crippen molar-refractivity contribution in [2.75, 3.05) is 0 Å². The minimum Gasteiger partial charge on any atom is -0.310 e. The van der Waals surface area contributed by atoms with Crippen LogP contribution in [0.1, 0.15) is 18.9 Å². The highest BCUT2D eigenvalue weighted by molar-refractivity contribution is 6.11.